The van der Waals surface area contributed by atoms with Gasteiger partial charge in [0.25, 0.3) is 0 Å². The highest BCUT2D eigenvalue weighted by molar-refractivity contribution is 5.99. The van der Waals surface area contributed by atoms with E-state index in [1.54, 1.807) is 0 Å². The first-order valence-electron chi connectivity index (χ1n) is 6.70. The number of aryl methyl sites for hydroxylation is 1. The van der Waals surface area contributed by atoms with Crippen molar-refractivity contribution in [3.05, 3.63) is 78.1 Å². The number of rotatable bonds is 3. The average Bonchev–Trinajstić information content (AvgIpc) is 2.49. The van der Waals surface area contributed by atoms with E-state index in [0.717, 1.165) is 16.3 Å². The van der Waals surface area contributed by atoms with Crippen LogP contribution in [0.4, 0.5) is 0 Å². The van der Waals surface area contributed by atoms with Gasteiger partial charge in [-0.3, -0.25) is 4.79 Å². The van der Waals surface area contributed by atoms with Crippen LogP contribution in [0.5, 0.6) is 0 Å². The monoisotopic (exact) mass is 262 g/mol. The van der Waals surface area contributed by atoms with Gasteiger partial charge < -0.3 is 0 Å². The summed E-state index contributed by atoms with van der Waals surface area (Å²) in [6, 6.07) is 18.0. The lowest BCUT2D eigenvalue weighted by molar-refractivity contribution is -0.683. The number of hydrogen-bond donors (Lipinski definition) is 0. The molecule has 1 aromatic heterocycles. The molecule has 0 saturated carbocycles. The summed E-state index contributed by atoms with van der Waals surface area (Å²) >= 11 is 0. The molecule has 3 rings (SSSR count). The van der Waals surface area contributed by atoms with Gasteiger partial charge in [0, 0.05) is 17.7 Å². The summed E-state index contributed by atoms with van der Waals surface area (Å²) < 4.78 is 1.91. The quantitative estimate of drug-likeness (QED) is 0.524. The summed E-state index contributed by atoms with van der Waals surface area (Å²) in [4.78, 5) is 12.3. The molecule has 0 N–H and O–H groups in total. The SMILES string of the molecule is Cc1cc[n+](CC(=O)c2ccc3ccccc3c2)cc1. The van der Waals surface area contributed by atoms with E-state index in [1.165, 1.54) is 5.56 Å². The first-order chi connectivity index (χ1) is 9.72. The molecule has 0 fully saturated rings. The molecule has 2 aromatic carbocycles. The maximum absolute atomic E-state index is 12.3. The zero-order valence-corrected chi connectivity index (χ0v) is 11.4. The third-order valence-electron chi connectivity index (χ3n) is 3.46. The first kappa shape index (κ1) is 12.5. The van der Waals surface area contributed by atoms with Crippen LogP contribution in [-0.4, -0.2) is 5.78 Å². The number of hydrogen-bond acceptors (Lipinski definition) is 1. The van der Waals surface area contributed by atoms with Crippen molar-refractivity contribution < 1.29 is 9.36 Å². The van der Waals surface area contributed by atoms with Crippen LogP contribution < -0.4 is 4.57 Å². The van der Waals surface area contributed by atoms with Crippen molar-refractivity contribution in [1.82, 2.24) is 0 Å². The van der Waals surface area contributed by atoms with E-state index in [4.69, 9.17) is 0 Å². The molecule has 2 nitrogen and oxygen atoms in total. The Balaban J connectivity index is 1.86. The number of ketones is 1. The van der Waals surface area contributed by atoms with Crippen molar-refractivity contribution in [3.63, 3.8) is 0 Å². The number of pyridine rings is 1. The first-order valence-corrected chi connectivity index (χ1v) is 6.70. The molecule has 0 aliphatic rings. The normalized spacial score (nSPS) is 10.7. The third-order valence-corrected chi connectivity index (χ3v) is 3.46. The minimum Gasteiger partial charge on any atom is -0.287 e. The van der Waals surface area contributed by atoms with E-state index in [-0.39, 0.29) is 5.78 Å². The lowest BCUT2D eigenvalue weighted by Gasteiger charge is -2.01. The molecule has 0 spiro atoms. The number of Topliss-reactive ketones (excluding diaryl/α,β-unsaturated/α-hetero) is 1. The van der Waals surface area contributed by atoms with Gasteiger partial charge >= 0.3 is 0 Å². The van der Waals surface area contributed by atoms with Crippen LogP contribution in [0.3, 0.4) is 0 Å². The molecule has 20 heavy (non-hydrogen) atoms. The van der Waals surface area contributed by atoms with E-state index in [2.05, 4.69) is 6.07 Å². The van der Waals surface area contributed by atoms with Crippen molar-refractivity contribution in [2.24, 2.45) is 0 Å². The Hall–Kier alpha value is -2.48. The van der Waals surface area contributed by atoms with Gasteiger partial charge in [-0.2, -0.15) is 4.57 Å². The van der Waals surface area contributed by atoms with E-state index in [1.807, 2.05) is 72.4 Å². The van der Waals surface area contributed by atoms with Crippen molar-refractivity contribution in [2.75, 3.05) is 0 Å². The van der Waals surface area contributed by atoms with Crippen molar-refractivity contribution in [3.8, 4) is 0 Å². The smallest absolute Gasteiger partial charge is 0.227 e. The third kappa shape index (κ3) is 2.59. The lowest BCUT2D eigenvalue weighted by atomic mass is 10.0. The zero-order chi connectivity index (χ0) is 13.9. The second-order valence-corrected chi connectivity index (χ2v) is 5.03. The van der Waals surface area contributed by atoms with Crippen LogP contribution in [0.25, 0.3) is 10.8 Å². The van der Waals surface area contributed by atoms with Gasteiger partial charge in [0.1, 0.15) is 0 Å². The number of aromatic nitrogens is 1. The fourth-order valence-corrected chi connectivity index (χ4v) is 2.26. The molecule has 0 saturated heterocycles. The highest BCUT2D eigenvalue weighted by Gasteiger charge is 2.12. The molecule has 3 aromatic rings. The van der Waals surface area contributed by atoms with E-state index >= 15 is 0 Å². The van der Waals surface area contributed by atoms with Gasteiger partial charge in [0.15, 0.2) is 12.4 Å². The number of carbonyl (C=O) groups excluding carboxylic acids is 1. The van der Waals surface area contributed by atoms with Gasteiger partial charge in [0.2, 0.25) is 12.3 Å². The van der Waals surface area contributed by atoms with Crippen molar-refractivity contribution >= 4 is 16.6 Å². The molecule has 2 heteroatoms. The Morgan fingerprint density at radius 1 is 0.950 bits per heavy atom. The molecule has 0 aliphatic carbocycles. The summed E-state index contributed by atoms with van der Waals surface area (Å²) in [7, 11) is 0. The average molecular weight is 262 g/mol. The van der Waals surface area contributed by atoms with Crippen molar-refractivity contribution in [1.29, 1.82) is 0 Å². The number of fused-ring (bicyclic) bond motifs is 1. The number of nitrogens with zero attached hydrogens (tertiary/aromatic N) is 1. The molecule has 0 aliphatic heterocycles. The molecule has 0 atom stereocenters. The fraction of sp³-hybridized carbons (Fsp3) is 0.111. The highest BCUT2D eigenvalue weighted by Crippen LogP contribution is 2.15. The maximum Gasteiger partial charge on any atom is 0.227 e. The van der Waals surface area contributed by atoms with Crippen LogP contribution in [0.2, 0.25) is 0 Å². The maximum atomic E-state index is 12.3. The molecular weight excluding hydrogens is 246 g/mol. The van der Waals surface area contributed by atoms with E-state index in [0.29, 0.717) is 6.54 Å². The number of carbonyl (C=O) groups is 1. The Morgan fingerprint density at radius 2 is 1.65 bits per heavy atom. The van der Waals surface area contributed by atoms with Crippen molar-refractivity contribution in [2.45, 2.75) is 13.5 Å². The molecule has 0 unspecified atom stereocenters. The second kappa shape index (κ2) is 5.25. The Labute approximate surface area is 118 Å². The number of benzene rings is 2. The van der Waals surface area contributed by atoms with Gasteiger partial charge in [-0.05, 0) is 29.3 Å². The topological polar surface area (TPSA) is 20.9 Å². The predicted molar refractivity (Wildman–Crippen MR) is 79.7 cm³/mol. The van der Waals surface area contributed by atoms with Gasteiger partial charge in [-0.1, -0.05) is 36.4 Å². The van der Waals surface area contributed by atoms with Gasteiger partial charge in [0.05, 0.1) is 0 Å². The lowest BCUT2D eigenvalue weighted by Crippen LogP contribution is -2.37. The minimum atomic E-state index is 0.129. The molecule has 0 amide bonds. The van der Waals surface area contributed by atoms with Gasteiger partial charge in [-0.25, -0.2) is 0 Å². The Kier molecular flexibility index (Phi) is 3.30. The van der Waals surface area contributed by atoms with Crippen LogP contribution in [0, 0.1) is 6.92 Å². The summed E-state index contributed by atoms with van der Waals surface area (Å²) in [6.07, 6.45) is 3.88. The summed E-state index contributed by atoms with van der Waals surface area (Å²) in [5.74, 6) is 0.129. The molecule has 1 heterocycles. The second-order valence-electron chi connectivity index (χ2n) is 5.03. The Bertz CT molecular complexity index is 760. The standard InChI is InChI=1S/C18H16NO/c1-14-8-10-19(11-9-14)13-18(20)17-7-6-15-4-2-3-5-16(15)12-17/h2-12H,13H2,1H3/q+1. The minimum absolute atomic E-state index is 0.129. The molecule has 0 bridgehead atoms. The highest BCUT2D eigenvalue weighted by atomic mass is 16.1. The molecular formula is C18H16NO+. The van der Waals surface area contributed by atoms with E-state index in [9.17, 15) is 4.79 Å². The van der Waals surface area contributed by atoms with Crippen LogP contribution in [-0.2, 0) is 6.54 Å². The largest absolute Gasteiger partial charge is 0.287 e. The van der Waals surface area contributed by atoms with Crippen LogP contribution >= 0.6 is 0 Å². The predicted octanol–water partition coefficient (Wildman–Crippen LogP) is 3.32. The Morgan fingerprint density at radius 3 is 2.40 bits per heavy atom. The fourth-order valence-electron chi connectivity index (χ4n) is 2.26. The van der Waals surface area contributed by atoms with Gasteiger partial charge in [-0.15, -0.1) is 0 Å². The van der Waals surface area contributed by atoms with E-state index < -0.39 is 0 Å². The summed E-state index contributed by atoms with van der Waals surface area (Å²) in [6.45, 7) is 2.41. The molecule has 98 valence electrons. The van der Waals surface area contributed by atoms with Crippen LogP contribution in [0.1, 0.15) is 15.9 Å². The summed E-state index contributed by atoms with van der Waals surface area (Å²) in [5, 5.41) is 2.26. The molecule has 0 radical (unpaired) electrons. The zero-order valence-electron chi connectivity index (χ0n) is 11.4. The summed E-state index contributed by atoms with van der Waals surface area (Å²) in [5.41, 5.74) is 1.95. The van der Waals surface area contributed by atoms with Crippen LogP contribution in [0.15, 0.2) is 67.0 Å².